The van der Waals surface area contributed by atoms with Gasteiger partial charge in [-0.15, -0.1) is 0 Å². The van der Waals surface area contributed by atoms with E-state index in [9.17, 15) is 9.59 Å². The molecule has 2 heterocycles. The van der Waals surface area contributed by atoms with Crippen LogP contribution < -0.4 is 5.32 Å². The molecule has 0 saturated carbocycles. The molecule has 6 heteroatoms. The number of rotatable bonds is 4. The Morgan fingerprint density at radius 2 is 1.92 bits per heavy atom. The summed E-state index contributed by atoms with van der Waals surface area (Å²) in [5.74, 6) is -0.366. The smallest absolute Gasteiger partial charge is 0.255 e. The van der Waals surface area contributed by atoms with Crippen LogP contribution in [0.4, 0.5) is 0 Å². The molecule has 25 heavy (non-hydrogen) atoms. The average Bonchev–Trinajstić information content (AvgIpc) is 2.66. The Bertz CT molecular complexity index is 770. The highest BCUT2D eigenvalue weighted by Gasteiger charge is 2.19. The van der Waals surface area contributed by atoms with Crippen LogP contribution in [0, 0.1) is 6.92 Å². The second-order valence-electron chi connectivity index (χ2n) is 6.04. The van der Waals surface area contributed by atoms with Crippen LogP contribution in [0.2, 0.25) is 0 Å². The fourth-order valence-corrected chi connectivity index (χ4v) is 2.74. The number of carbonyl (C=O) groups excluding carboxylic acids is 2. The minimum absolute atomic E-state index is 0.121. The predicted octanol–water partition coefficient (Wildman–Crippen LogP) is 1.79. The third-order valence-corrected chi connectivity index (χ3v) is 4.08. The van der Waals surface area contributed by atoms with E-state index in [4.69, 9.17) is 4.74 Å². The SMILES string of the molecule is Cc1cccc(CNC(=O)c2cncc(C(=O)N3CCOCC3)c2)c1. The Labute approximate surface area is 146 Å². The number of aromatic nitrogens is 1. The summed E-state index contributed by atoms with van der Waals surface area (Å²) in [5, 5.41) is 2.86. The van der Waals surface area contributed by atoms with E-state index in [1.807, 2.05) is 31.2 Å². The molecule has 0 atom stereocenters. The van der Waals surface area contributed by atoms with Crippen molar-refractivity contribution in [2.75, 3.05) is 26.3 Å². The van der Waals surface area contributed by atoms with Crippen molar-refractivity contribution in [3.8, 4) is 0 Å². The van der Waals surface area contributed by atoms with Gasteiger partial charge in [-0.1, -0.05) is 29.8 Å². The van der Waals surface area contributed by atoms with Crippen molar-refractivity contribution in [3.05, 3.63) is 65.0 Å². The van der Waals surface area contributed by atoms with Crippen LogP contribution in [0.5, 0.6) is 0 Å². The number of nitrogens with zero attached hydrogens (tertiary/aromatic N) is 2. The fraction of sp³-hybridized carbons (Fsp3) is 0.316. The quantitative estimate of drug-likeness (QED) is 0.922. The molecule has 1 aromatic carbocycles. The highest BCUT2D eigenvalue weighted by atomic mass is 16.5. The molecule has 1 aliphatic heterocycles. The number of hydrogen-bond acceptors (Lipinski definition) is 4. The van der Waals surface area contributed by atoms with Gasteiger partial charge in [0.25, 0.3) is 11.8 Å². The van der Waals surface area contributed by atoms with E-state index in [0.717, 1.165) is 11.1 Å². The van der Waals surface area contributed by atoms with Crippen LogP contribution in [-0.4, -0.2) is 48.0 Å². The zero-order valence-corrected chi connectivity index (χ0v) is 14.2. The van der Waals surface area contributed by atoms with Crippen LogP contribution in [0.15, 0.2) is 42.7 Å². The lowest BCUT2D eigenvalue weighted by molar-refractivity contribution is 0.0302. The maximum atomic E-state index is 12.5. The van der Waals surface area contributed by atoms with E-state index in [0.29, 0.717) is 44.0 Å². The van der Waals surface area contributed by atoms with Crippen molar-refractivity contribution in [2.24, 2.45) is 0 Å². The third kappa shape index (κ3) is 4.42. The Morgan fingerprint density at radius 1 is 1.16 bits per heavy atom. The van der Waals surface area contributed by atoms with Crippen molar-refractivity contribution in [1.82, 2.24) is 15.2 Å². The number of pyridine rings is 1. The van der Waals surface area contributed by atoms with Crippen LogP contribution in [0.1, 0.15) is 31.8 Å². The largest absolute Gasteiger partial charge is 0.378 e. The van der Waals surface area contributed by atoms with Gasteiger partial charge in [0, 0.05) is 32.0 Å². The Hall–Kier alpha value is -2.73. The molecule has 1 aromatic heterocycles. The number of benzene rings is 1. The molecule has 0 spiro atoms. The molecular weight excluding hydrogens is 318 g/mol. The summed E-state index contributed by atoms with van der Waals surface area (Å²) < 4.78 is 5.26. The summed E-state index contributed by atoms with van der Waals surface area (Å²) in [6, 6.07) is 9.55. The fourth-order valence-electron chi connectivity index (χ4n) is 2.74. The predicted molar refractivity (Wildman–Crippen MR) is 93.3 cm³/mol. The molecule has 3 rings (SSSR count). The summed E-state index contributed by atoms with van der Waals surface area (Å²) >= 11 is 0. The van der Waals surface area contributed by atoms with E-state index in [2.05, 4.69) is 10.3 Å². The first-order chi connectivity index (χ1) is 12.1. The minimum atomic E-state index is -0.245. The standard InChI is InChI=1S/C19H21N3O3/c1-14-3-2-4-15(9-14)11-21-18(23)16-10-17(13-20-12-16)19(24)22-5-7-25-8-6-22/h2-4,9-10,12-13H,5-8,11H2,1H3,(H,21,23). The summed E-state index contributed by atoms with van der Waals surface area (Å²) in [5.41, 5.74) is 2.98. The molecule has 130 valence electrons. The number of hydrogen-bond donors (Lipinski definition) is 1. The van der Waals surface area contributed by atoms with E-state index < -0.39 is 0 Å². The molecule has 2 aromatic rings. The molecule has 1 N–H and O–H groups in total. The molecule has 0 bridgehead atoms. The third-order valence-electron chi connectivity index (χ3n) is 4.08. The van der Waals surface area contributed by atoms with Gasteiger partial charge in [0.1, 0.15) is 0 Å². The van der Waals surface area contributed by atoms with Gasteiger partial charge in [0.05, 0.1) is 24.3 Å². The number of morpholine rings is 1. The summed E-state index contributed by atoms with van der Waals surface area (Å²) in [6.07, 6.45) is 2.97. The lowest BCUT2D eigenvalue weighted by atomic mass is 10.1. The molecule has 0 aliphatic carbocycles. The first kappa shape index (κ1) is 17.1. The van der Waals surface area contributed by atoms with Crippen molar-refractivity contribution in [1.29, 1.82) is 0 Å². The summed E-state index contributed by atoms with van der Waals surface area (Å²) in [4.78, 5) is 30.6. The number of amides is 2. The molecule has 2 amide bonds. The molecule has 1 saturated heterocycles. The van der Waals surface area contributed by atoms with Gasteiger partial charge in [-0.25, -0.2) is 0 Å². The zero-order chi connectivity index (χ0) is 17.6. The topological polar surface area (TPSA) is 71.5 Å². The van der Waals surface area contributed by atoms with Crippen molar-refractivity contribution in [3.63, 3.8) is 0 Å². The first-order valence-corrected chi connectivity index (χ1v) is 8.29. The van der Waals surface area contributed by atoms with Gasteiger partial charge in [0.15, 0.2) is 0 Å². The molecule has 0 unspecified atom stereocenters. The highest BCUT2D eigenvalue weighted by Crippen LogP contribution is 2.09. The van der Waals surface area contributed by atoms with Gasteiger partial charge in [-0.3, -0.25) is 14.6 Å². The molecule has 1 aliphatic rings. The Morgan fingerprint density at radius 3 is 2.68 bits per heavy atom. The average molecular weight is 339 g/mol. The Balaban J connectivity index is 1.65. The van der Waals surface area contributed by atoms with Gasteiger partial charge < -0.3 is 15.0 Å². The highest BCUT2D eigenvalue weighted by molar-refractivity contribution is 5.99. The van der Waals surface area contributed by atoms with Crippen molar-refractivity contribution >= 4 is 11.8 Å². The second-order valence-corrected chi connectivity index (χ2v) is 6.04. The second kappa shape index (κ2) is 7.90. The maximum Gasteiger partial charge on any atom is 0.255 e. The number of nitrogens with one attached hydrogen (secondary N) is 1. The van der Waals surface area contributed by atoms with Crippen LogP contribution in [0.3, 0.4) is 0 Å². The van der Waals surface area contributed by atoms with E-state index in [1.165, 1.54) is 12.4 Å². The van der Waals surface area contributed by atoms with Crippen molar-refractivity contribution < 1.29 is 14.3 Å². The lowest BCUT2D eigenvalue weighted by Gasteiger charge is -2.26. The van der Waals surface area contributed by atoms with E-state index in [1.54, 1.807) is 11.0 Å². The lowest BCUT2D eigenvalue weighted by Crippen LogP contribution is -2.40. The van der Waals surface area contributed by atoms with E-state index >= 15 is 0 Å². The molecule has 6 nitrogen and oxygen atoms in total. The van der Waals surface area contributed by atoms with Gasteiger partial charge >= 0.3 is 0 Å². The molecular formula is C19H21N3O3. The maximum absolute atomic E-state index is 12.5. The van der Waals surface area contributed by atoms with Crippen LogP contribution in [-0.2, 0) is 11.3 Å². The summed E-state index contributed by atoms with van der Waals surface area (Å²) in [6.45, 7) is 4.63. The number of ether oxygens (including phenoxy) is 1. The number of aryl methyl sites for hydroxylation is 1. The van der Waals surface area contributed by atoms with Gasteiger partial charge in [-0.05, 0) is 18.6 Å². The monoisotopic (exact) mass is 339 g/mol. The number of carbonyl (C=O) groups is 2. The zero-order valence-electron chi connectivity index (χ0n) is 14.2. The normalized spacial score (nSPS) is 14.2. The first-order valence-electron chi connectivity index (χ1n) is 8.29. The van der Waals surface area contributed by atoms with Crippen LogP contribution in [0.25, 0.3) is 0 Å². The molecule has 0 radical (unpaired) electrons. The Kier molecular flexibility index (Phi) is 5.40. The molecule has 1 fully saturated rings. The van der Waals surface area contributed by atoms with Crippen LogP contribution >= 0.6 is 0 Å². The van der Waals surface area contributed by atoms with Gasteiger partial charge in [-0.2, -0.15) is 0 Å². The minimum Gasteiger partial charge on any atom is -0.378 e. The van der Waals surface area contributed by atoms with E-state index in [-0.39, 0.29) is 11.8 Å². The summed E-state index contributed by atoms with van der Waals surface area (Å²) in [7, 11) is 0. The van der Waals surface area contributed by atoms with Crippen molar-refractivity contribution in [2.45, 2.75) is 13.5 Å². The van der Waals surface area contributed by atoms with Gasteiger partial charge in [0.2, 0.25) is 0 Å².